The van der Waals surface area contributed by atoms with Crippen LogP contribution in [0.4, 0.5) is 4.39 Å². The van der Waals surface area contributed by atoms with Crippen LogP contribution >= 0.6 is 11.3 Å². The number of thiophene rings is 1. The first-order chi connectivity index (χ1) is 13.4. The first kappa shape index (κ1) is 19.7. The highest BCUT2D eigenvalue weighted by atomic mass is 32.1. The van der Waals surface area contributed by atoms with Crippen molar-refractivity contribution in [3.63, 3.8) is 0 Å². The summed E-state index contributed by atoms with van der Waals surface area (Å²) in [5.74, 6) is -1.80. The Morgan fingerprint density at radius 3 is 2.57 bits per heavy atom. The molecule has 1 amide bonds. The fraction of sp³-hybridized carbons (Fsp3) is 0.190. The van der Waals surface area contributed by atoms with Crippen molar-refractivity contribution in [3.8, 4) is 0 Å². The zero-order valence-corrected chi connectivity index (χ0v) is 15.9. The number of carbonyl (C=O) groups is 3. The summed E-state index contributed by atoms with van der Waals surface area (Å²) in [6.45, 7) is 0.899. The molecule has 0 spiro atoms. The summed E-state index contributed by atoms with van der Waals surface area (Å²) >= 11 is 1.16. The summed E-state index contributed by atoms with van der Waals surface area (Å²) < 4.78 is 19.0. The van der Waals surface area contributed by atoms with Crippen LogP contribution < -0.4 is 5.32 Å². The molecule has 0 saturated carbocycles. The van der Waals surface area contributed by atoms with E-state index in [9.17, 15) is 18.8 Å². The SMILES string of the molecule is CC(=O)[C@@H](Cc1ccccc1)NC(=O)COC(=O)c1cc2cc(F)ccc2s1. The van der Waals surface area contributed by atoms with Crippen molar-refractivity contribution in [2.24, 2.45) is 0 Å². The number of rotatable bonds is 7. The summed E-state index contributed by atoms with van der Waals surface area (Å²) in [7, 11) is 0. The average molecular weight is 399 g/mol. The minimum Gasteiger partial charge on any atom is -0.451 e. The summed E-state index contributed by atoms with van der Waals surface area (Å²) in [6, 6.07) is 14.4. The molecule has 5 nitrogen and oxygen atoms in total. The van der Waals surface area contributed by atoms with Crippen molar-refractivity contribution in [3.05, 3.63) is 70.9 Å². The lowest BCUT2D eigenvalue weighted by Crippen LogP contribution is -2.43. The first-order valence-electron chi connectivity index (χ1n) is 8.62. The maximum absolute atomic E-state index is 13.3. The topological polar surface area (TPSA) is 72.5 Å². The van der Waals surface area contributed by atoms with E-state index < -0.39 is 30.3 Å². The number of hydrogen-bond acceptors (Lipinski definition) is 5. The van der Waals surface area contributed by atoms with Crippen LogP contribution in [0.25, 0.3) is 10.1 Å². The molecule has 28 heavy (non-hydrogen) atoms. The lowest BCUT2D eigenvalue weighted by atomic mass is 10.0. The number of nitrogens with one attached hydrogen (secondary N) is 1. The second-order valence-corrected chi connectivity index (χ2v) is 7.37. The highest BCUT2D eigenvalue weighted by Gasteiger charge is 2.19. The predicted octanol–water partition coefficient (Wildman–Crippen LogP) is 3.51. The van der Waals surface area contributed by atoms with Crippen molar-refractivity contribution in [2.75, 3.05) is 6.61 Å². The first-order valence-corrected chi connectivity index (χ1v) is 9.44. The Kier molecular flexibility index (Phi) is 6.16. The second-order valence-electron chi connectivity index (χ2n) is 6.29. The van der Waals surface area contributed by atoms with Crippen LogP contribution in [0.5, 0.6) is 0 Å². The van der Waals surface area contributed by atoms with E-state index in [0.29, 0.717) is 11.8 Å². The number of hydrogen-bond donors (Lipinski definition) is 1. The van der Waals surface area contributed by atoms with E-state index in [2.05, 4.69) is 5.32 Å². The zero-order chi connectivity index (χ0) is 20.1. The molecule has 1 heterocycles. The molecule has 3 aromatic rings. The zero-order valence-electron chi connectivity index (χ0n) is 15.1. The van der Waals surface area contributed by atoms with Crippen LogP contribution in [-0.2, 0) is 20.7 Å². The Bertz CT molecular complexity index is 1020. The molecule has 2 aromatic carbocycles. The quantitative estimate of drug-likeness (QED) is 0.617. The van der Waals surface area contributed by atoms with Crippen molar-refractivity contribution in [1.82, 2.24) is 5.32 Å². The molecule has 0 saturated heterocycles. The number of benzene rings is 2. The number of Topliss-reactive ketones (excluding diaryl/α,β-unsaturated/α-hetero) is 1. The van der Waals surface area contributed by atoms with Crippen molar-refractivity contribution >= 4 is 39.1 Å². The number of ether oxygens (including phenoxy) is 1. The molecule has 0 fully saturated rings. The lowest BCUT2D eigenvalue weighted by Gasteiger charge is -2.16. The van der Waals surface area contributed by atoms with Gasteiger partial charge < -0.3 is 10.1 Å². The molecule has 0 aliphatic heterocycles. The summed E-state index contributed by atoms with van der Waals surface area (Å²) in [5, 5.41) is 3.19. The maximum atomic E-state index is 13.3. The summed E-state index contributed by atoms with van der Waals surface area (Å²) in [6.07, 6.45) is 0.359. The van der Waals surface area contributed by atoms with E-state index in [0.717, 1.165) is 21.6 Å². The van der Waals surface area contributed by atoms with Gasteiger partial charge in [0.25, 0.3) is 5.91 Å². The number of ketones is 1. The Morgan fingerprint density at radius 1 is 1.11 bits per heavy atom. The fourth-order valence-corrected chi connectivity index (χ4v) is 3.64. The van der Waals surface area contributed by atoms with Crippen LogP contribution in [-0.4, -0.2) is 30.3 Å². The van der Waals surface area contributed by atoms with E-state index in [1.807, 2.05) is 30.3 Å². The number of halogens is 1. The van der Waals surface area contributed by atoms with Gasteiger partial charge >= 0.3 is 5.97 Å². The highest BCUT2D eigenvalue weighted by Crippen LogP contribution is 2.26. The van der Waals surface area contributed by atoms with Gasteiger partial charge in [-0.1, -0.05) is 30.3 Å². The molecular weight excluding hydrogens is 381 g/mol. The van der Waals surface area contributed by atoms with E-state index in [4.69, 9.17) is 4.74 Å². The van der Waals surface area contributed by atoms with Gasteiger partial charge in [-0.2, -0.15) is 0 Å². The number of fused-ring (bicyclic) bond motifs is 1. The van der Waals surface area contributed by atoms with Gasteiger partial charge in [0.05, 0.1) is 6.04 Å². The Hall–Kier alpha value is -3.06. The summed E-state index contributed by atoms with van der Waals surface area (Å²) in [4.78, 5) is 36.4. The highest BCUT2D eigenvalue weighted by molar-refractivity contribution is 7.20. The van der Waals surface area contributed by atoms with Crippen LogP contribution in [0.15, 0.2) is 54.6 Å². The van der Waals surface area contributed by atoms with Gasteiger partial charge in [0.15, 0.2) is 12.4 Å². The van der Waals surface area contributed by atoms with E-state index >= 15 is 0 Å². The third-order valence-corrected chi connectivity index (χ3v) is 5.22. The molecule has 0 radical (unpaired) electrons. The normalized spacial score (nSPS) is 11.8. The second kappa shape index (κ2) is 8.75. The lowest BCUT2D eigenvalue weighted by molar-refractivity contribution is -0.128. The largest absolute Gasteiger partial charge is 0.451 e. The third-order valence-electron chi connectivity index (χ3n) is 4.12. The van der Waals surface area contributed by atoms with Crippen molar-refractivity contribution < 1.29 is 23.5 Å². The van der Waals surface area contributed by atoms with Gasteiger partial charge in [-0.15, -0.1) is 11.3 Å². The molecule has 0 bridgehead atoms. The predicted molar refractivity (Wildman–Crippen MR) is 105 cm³/mol. The molecular formula is C21H18FNO4S. The van der Waals surface area contributed by atoms with Gasteiger partial charge in [-0.25, -0.2) is 9.18 Å². The molecule has 7 heteroatoms. The number of amides is 1. The number of esters is 1. The Labute approximate surface area is 165 Å². The molecule has 1 aromatic heterocycles. The smallest absolute Gasteiger partial charge is 0.348 e. The van der Waals surface area contributed by atoms with Crippen LogP contribution in [0.2, 0.25) is 0 Å². The Morgan fingerprint density at radius 2 is 1.86 bits per heavy atom. The molecule has 1 atom stereocenters. The third kappa shape index (κ3) is 5.01. The number of carbonyl (C=O) groups excluding carboxylic acids is 3. The van der Waals surface area contributed by atoms with E-state index in [-0.39, 0.29) is 10.7 Å². The Balaban J connectivity index is 1.57. The van der Waals surface area contributed by atoms with Gasteiger partial charge in [0.1, 0.15) is 10.7 Å². The van der Waals surface area contributed by atoms with Crippen LogP contribution in [0.1, 0.15) is 22.2 Å². The van der Waals surface area contributed by atoms with Gasteiger partial charge in [-0.3, -0.25) is 9.59 Å². The van der Waals surface area contributed by atoms with Gasteiger partial charge in [0.2, 0.25) is 0 Å². The van der Waals surface area contributed by atoms with E-state index in [1.165, 1.54) is 25.1 Å². The van der Waals surface area contributed by atoms with Gasteiger partial charge in [0, 0.05) is 4.70 Å². The van der Waals surface area contributed by atoms with Crippen molar-refractivity contribution in [2.45, 2.75) is 19.4 Å². The van der Waals surface area contributed by atoms with E-state index in [1.54, 1.807) is 6.07 Å². The molecule has 144 valence electrons. The standard InChI is InChI=1S/C21H18FNO4S/c1-13(24)17(9-14-5-3-2-4-6-14)23-20(25)12-27-21(26)19-11-15-10-16(22)7-8-18(15)28-19/h2-8,10-11,17H,9,12H2,1H3,(H,23,25)/t17-/m1/s1. The van der Waals surface area contributed by atoms with Crippen LogP contribution in [0.3, 0.4) is 0 Å². The monoisotopic (exact) mass is 399 g/mol. The molecule has 3 rings (SSSR count). The minimum absolute atomic E-state index is 0.185. The molecule has 0 aliphatic carbocycles. The molecule has 0 aliphatic rings. The molecule has 0 unspecified atom stereocenters. The maximum Gasteiger partial charge on any atom is 0.348 e. The van der Waals surface area contributed by atoms with Gasteiger partial charge in [-0.05, 0) is 48.6 Å². The summed E-state index contributed by atoms with van der Waals surface area (Å²) in [5.41, 5.74) is 0.914. The average Bonchev–Trinajstić information content (AvgIpc) is 3.09. The van der Waals surface area contributed by atoms with Crippen molar-refractivity contribution in [1.29, 1.82) is 0 Å². The fourth-order valence-electron chi connectivity index (χ4n) is 2.70. The van der Waals surface area contributed by atoms with Crippen LogP contribution in [0, 0.1) is 5.82 Å². The minimum atomic E-state index is -0.694. The molecule has 1 N–H and O–H groups in total.